The number of hydrogen-bond acceptors (Lipinski definition) is 5. The molecule has 23 heavy (non-hydrogen) atoms. The Balaban J connectivity index is 2.48. The fourth-order valence-electron chi connectivity index (χ4n) is 1.81. The maximum atomic E-state index is 11.9. The number of nitrogens with zero attached hydrogens (tertiary/aromatic N) is 3. The molecule has 0 atom stereocenters. The van der Waals surface area contributed by atoms with Gasteiger partial charge in [-0.1, -0.05) is 13.8 Å². The minimum Gasteiger partial charge on any atom is -0.444 e. The van der Waals surface area contributed by atoms with Crippen LogP contribution in [0.1, 0.15) is 34.6 Å². The molecular weight excluding hydrogens is 296 g/mol. The van der Waals surface area contributed by atoms with Crippen LogP contribution in [0.4, 0.5) is 10.5 Å². The van der Waals surface area contributed by atoms with Gasteiger partial charge in [-0.25, -0.2) is 9.48 Å². The third-order valence-corrected chi connectivity index (χ3v) is 2.89. The molecule has 0 spiro atoms. The van der Waals surface area contributed by atoms with Gasteiger partial charge in [0, 0.05) is 32.7 Å². The monoisotopic (exact) mass is 324 g/mol. The van der Waals surface area contributed by atoms with Crippen molar-refractivity contribution in [1.29, 1.82) is 0 Å². The second-order valence-electron chi connectivity index (χ2n) is 6.99. The maximum absolute atomic E-state index is 11.9. The molecule has 0 bridgehead atoms. The Kier molecular flexibility index (Phi) is 6.60. The Morgan fingerprint density at radius 2 is 2.09 bits per heavy atom. The van der Waals surface area contributed by atoms with E-state index in [1.54, 1.807) is 13.2 Å². The van der Waals surface area contributed by atoms with Gasteiger partial charge in [-0.2, -0.15) is 5.10 Å². The first-order valence-corrected chi connectivity index (χ1v) is 7.83. The predicted octanol–water partition coefficient (Wildman–Crippen LogP) is 2.18. The van der Waals surface area contributed by atoms with E-state index in [1.807, 2.05) is 34.6 Å². The molecule has 1 amide bonds. The van der Waals surface area contributed by atoms with Crippen LogP contribution in [0.15, 0.2) is 17.1 Å². The Morgan fingerprint density at radius 1 is 1.43 bits per heavy atom. The standard InChI is InChI=1S/C16H28N4O3/c1-12(2)11-20-14(21)9-13(10-18-20)17-7-8-19(6)15(22)23-16(3,4)5/h9-10,12,17H,7-8,11H2,1-6H3. The third kappa shape index (κ3) is 7.17. The molecule has 0 saturated carbocycles. The van der Waals surface area contributed by atoms with Crippen LogP contribution in [0.25, 0.3) is 0 Å². The van der Waals surface area contributed by atoms with Gasteiger partial charge in [0.05, 0.1) is 11.9 Å². The van der Waals surface area contributed by atoms with Gasteiger partial charge in [0.2, 0.25) is 0 Å². The summed E-state index contributed by atoms with van der Waals surface area (Å²) in [5.41, 5.74) is 0.000620. The van der Waals surface area contributed by atoms with E-state index >= 15 is 0 Å². The van der Waals surface area contributed by atoms with Gasteiger partial charge in [-0.05, 0) is 26.7 Å². The molecule has 0 fully saturated rings. The van der Waals surface area contributed by atoms with Crippen molar-refractivity contribution >= 4 is 11.8 Å². The number of amides is 1. The number of aromatic nitrogens is 2. The number of rotatable bonds is 6. The van der Waals surface area contributed by atoms with E-state index < -0.39 is 5.60 Å². The van der Waals surface area contributed by atoms with Crippen molar-refractivity contribution in [2.24, 2.45) is 5.92 Å². The van der Waals surface area contributed by atoms with Crippen LogP contribution in [-0.4, -0.2) is 46.5 Å². The molecule has 1 rings (SSSR count). The molecular formula is C16H28N4O3. The van der Waals surface area contributed by atoms with Crippen molar-refractivity contribution < 1.29 is 9.53 Å². The van der Waals surface area contributed by atoms with Crippen molar-refractivity contribution in [3.63, 3.8) is 0 Å². The first kappa shape index (κ1) is 19.0. The Bertz CT molecular complexity index is 575. The summed E-state index contributed by atoms with van der Waals surface area (Å²) in [5.74, 6) is 0.362. The van der Waals surface area contributed by atoms with E-state index in [-0.39, 0.29) is 11.7 Å². The number of hydrogen-bond donors (Lipinski definition) is 1. The molecule has 0 aromatic carbocycles. The highest BCUT2D eigenvalue weighted by Gasteiger charge is 2.19. The lowest BCUT2D eigenvalue weighted by Gasteiger charge is -2.24. The second kappa shape index (κ2) is 7.99. The maximum Gasteiger partial charge on any atom is 0.410 e. The van der Waals surface area contributed by atoms with Gasteiger partial charge >= 0.3 is 6.09 Å². The van der Waals surface area contributed by atoms with Crippen molar-refractivity contribution in [3.8, 4) is 0 Å². The predicted molar refractivity (Wildman–Crippen MR) is 90.7 cm³/mol. The van der Waals surface area contributed by atoms with Crippen molar-refractivity contribution in [2.45, 2.75) is 46.8 Å². The van der Waals surface area contributed by atoms with Crippen LogP contribution in [0.3, 0.4) is 0 Å². The number of nitrogens with one attached hydrogen (secondary N) is 1. The topological polar surface area (TPSA) is 76.5 Å². The molecule has 0 saturated heterocycles. The zero-order chi connectivity index (χ0) is 17.6. The molecule has 1 heterocycles. The zero-order valence-electron chi connectivity index (χ0n) is 14.9. The van der Waals surface area contributed by atoms with E-state index in [0.717, 1.165) is 0 Å². The number of carbonyl (C=O) groups excluding carboxylic acids is 1. The van der Waals surface area contributed by atoms with Crippen LogP contribution in [0, 0.1) is 5.92 Å². The molecule has 1 N–H and O–H groups in total. The van der Waals surface area contributed by atoms with Gasteiger partial charge in [0.15, 0.2) is 0 Å². The van der Waals surface area contributed by atoms with Gasteiger partial charge in [-0.3, -0.25) is 4.79 Å². The van der Waals surface area contributed by atoms with Crippen LogP contribution in [-0.2, 0) is 11.3 Å². The summed E-state index contributed by atoms with van der Waals surface area (Å²) in [4.78, 5) is 25.2. The molecule has 0 aliphatic rings. The Labute approximate surface area is 137 Å². The first-order chi connectivity index (χ1) is 10.6. The number of likely N-dealkylation sites (N-methyl/N-ethyl adjacent to an activating group) is 1. The smallest absolute Gasteiger partial charge is 0.410 e. The van der Waals surface area contributed by atoms with Gasteiger partial charge < -0.3 is 15.0 Å². The summed E-state index contributed by atoms with van der Waals surface area (Å²) in [5, 5.41) is 7.23. The van der Waals surface area contributed by atoms with Gasteiger partial charge in [0.25, 0.3) is 5.56 Å². The minimum atomic E-state index is -0.510. The van der Waals surface area contributed by atoms with Gasteiger partial charge in [-0.15, -0.1) is 0 Å². The second-order valence-corrected chi connectivity index (χ2v) is 6.99. The number of ether oxygens (including phenoxy) is 1. The third-order valence-electron chi connectivity index (χ3n) is 2.89. The lowest BCUT2D eigenvalue weighted by Crippen LogP contribution is -2.36. The molecule has 7 heteroatoms. The molecule has 0 radical (unpaired) electrons. The number of anilines is 1. The van der Waals surface area contributed by atoms with Crippen molar-refractivity contribution in [3.05, 3.63) is 22.6 Å². The number of carbonyl (C=O) groups is 1. The summed E-state index contributed by atoms with van der Waals surface area (Å²) in [7, 11) is 1.68. The minimum absolute atomic E-state index is 0.135. The molecule has 0 aliphatic carbocycles. The summed E-state index contributed by atoms with van der Waals surface area (Å²) in [6.07, 6.45) is 1.25. The van der Waals surface area contributed by atoms with Crippen LogP contribution < -0.4 is 10.9 Å². The summed E-state index contributed by atoms with van der Waals surface area (Å²) < 4.78 is 6.71. The highest BCUT2D eigenvalue weighted by atomic mass is 16.6. The SMILES string of the molecule is CC(C)Cn1ncc(NCCN(C)C(=O)OC(C)(C)C)cc1=O. The normalized spacial score (nSPS) is 11.4. The fourth-order valence-corrected chi connectivity index (χ4v) is 1.81. The van der Waals surface area contributed by atoms with Crippen LogP contribution in [0.5, 0.6) is 0 Å². The average molecular weight is 324 g/mol. The fraction of sp³-hybridized carbons (Fsp3) is 0.688. The zero-order valence-corrected chi connectivity index (χ0v) is 14.9. The van der Waals surface area contributed by atoms with Crippen molar-refractivity contribution in [2.75, 3.05) is 25.5 Å². The molecule has 1 aromatic rings. The summed E-state index contributed by atoms with van der Waals surface area (Å²) in [6, 6.07) is 1.52. The first-order valence-electron chi connectivity index (χ1n) is 7.83. The average Bonchev–Trinajstić information content (AvgIpc) is 2.39. The molecule has 130 valence electrons. The lowest BCUT2D eigenvalue weighted by molar-refractivity contribution is 0.0305. The van der Waals surface area contributed by atoms with Gasteiger partial charge in [0.1, 0.15) is 5.60 Å². The molecule has 1 aromatic heterocycles. The summed E-state index contributed by atoms with van der Waals surface area (Å²) in [6.45, 7) is 11.1. The van der Waals surface area contributed by atoms with E-state index in [4.69, 9.17) is 4.74 Å². The molecule has 0 aliphatic heterocycles. The van der Waals surface area contributed by atoms with Crippen molar-refractivity contribution in [1.82, 2.24) is 14.7 Å². The lowest BCUT2D eigenvalue weighted by atomic mass is 10.2. The van der Waals surface area contributed by atoms with E-state index in [0.29, 0.717) is 31.2 Å². The van der Waals surface area contributed by atoms with E-state index in [9.17, 15) is 9.59 Å². The summed E-state index contributed by atoms with van der Waals surface area (Å²) >= 11 is 0. The van der Waals surface area contributed by atoms with Crippen LogP contribution in [0.2, 0.25) is 0 Å². The molecule has 7 nitrogen and oxygen atoms in total. The largest absolute Gasteiger partial charge is 0.444 e. The highest BCUT2D eigenvalue weighted by Crippen LogP contribution is 2.09. The Hall–Kier alpha value is -2.05. The van der Waals surface area contributed by atoms with E-state index in [2.05, 4.69) is 10.4 Å². The van der Waals surface area contributed by atoms with Crippen LogP contribution >= 0.6 is 0 Å². The quantitative estimate of drug-likeness (QED) is 0.868. The Morgan fingerprint density at radius 3 is 2.61 bits per heavy atom. The molecule has 0 unspecified atom stereocenters. The van der Waals surface area contributed by atoms with E-state index in [1.165, 1.54) is 15.6 Å². The highest BCUT2D eigenvalue weighted by molar-refractivity contribution is 5.67.